The van der Waals surface area contributed by atoms with Crippen LogP contribution in [0.3, 0.4) is 0 Å². The van der Waals surface area contributed by atoms with Crippen molar-refractivity contribution in [3.05, 3.63) is 27.7 Å². The topological polar surface area (TPSA) is 129 Å². The van der Waals surface area contributed by atoms with E-state index < -0.39 is 5.97 Å². The Hall–Kier alpha value is -2.09. The lowest BCUT2D eigenvalue weighted by molar-refractivity contribution is 0.0600. The van der Waals surface area contributed by atoms with Gasteiger partial charge in [0, 0.05) is 4.47 Å². The van der Waals surface area contributed by atoms with Crippen LogP contribution in [0.5, 0.6) is 0 Å². The number of carbonyl (C=O) groups excluding carboxylic acids is 1. The highest BCUT2D eigenvalue weighted by Gasteiger charge is 2.13. The van der Waals surface area contributed by atoms with Gasteiger partial charge in [-0.2, -0.15) is 4.99 Å². The lowest BCUT2D eigenvalue weighted by Gasteiger charge is -2.08. The van der Waals surface area contributed by atoms with E-state index in [0.29, 0.717) is 21.3 Å². The van der Waals surface area contributed by atoms with Crippen molar-refractivity contribution in [2.24, 2.45) is 27.2 Å². The molecule has 0 atom stereocenters. The Labute approximate surface area is 118 Å². The minimum atomic E-state index is -0.462. The van der Waals surface area contributed by atoms with E-state index in [9.17, 15) is 4.79 Å². The van der Waals surface area contributed by atoms with E-state index in [1.165, 1.54) is 7.11 Å². The molecular weight excluding hydrogens is 314 g/mol. The molecule has 1 aromatic rings. The van der Waals surface area contributed by atoms with Gasteiger partial charge in [-0.3, -0.25) is 0 Å². The Morgan fingerprint density at radius 2 is 1.95 bits per heavy atom. The number of hydrogen-bond acceptors (Lipinski definition) is 3. The second-order valence-electron chi connectivity index (χ2n) is 3.60. The summed E-state index contributed by atoms with van der Waals surface area (Å²) in [5.41, 5.74) is 17.4. The van der Waals surface area contributed by atoms with Crippen molar-refractivity contribution in [1.82, 2.24) is 0 Å². The number of halogens is 1. The second-order valence-corrected chi connectivity index (χ2v) is 4.51. The van der Waals surface area contributed by atoms with Crippen LogP contribution in [-0.4, -0.2) is 25.0 Å². The van der Waals surface area contributed by atoms with Crippen molar-refractivity contribution < 1.29 is 9.53 Å². The number of benzene rings is 1. The molecule has 1 aromatic carbocycles. The number of guanidine groups is 2. The summed E-state index contributed by atoms with van der Waals surface area (Å²) < 4.78 is 5.35. The zero-order valence-corrected chi connectivity index (χ0v) is 12.1. The molecule has 0 fully saturated rings. The predicted molar refractivity (Wildman–Crippen MR) is 77.3 cm³/mol. The number of methoxy groups -OCH3 is 1. The quantitative estimate of drug-likeness (QED) is 0.419. The third-order valence-electron chi connectivity index (χ3n) is 2.23. The number of nitrogens with zero attached hydrogens (tertiary/aromatic N) is 2. The summed E-state index contributed by atoms with van der Waals surface area (Å²) in [6.45, 7) is 1.72. The van der Waals surface area contributed by atoms with Crippen molar-refractivity contribution in [3.8, 4) is 0 Å². The van der Waals surface area contributed by atoms with Crippen molar-refractivity contribution in [3.63, 3.8) is 0 Å². The number of ether oxygens (including phenoxy) is 1. The van der Waals surface area contributed by atoms with Gasteiger partial charge in [-0.25, -0.2) is 9.79 Å². The molecule has 0 amide bonds. The molecule has 0 saturated heterocycles. The summed E-state index contributed by atoms with van der Waals surface area (Å²) in [6, 6.07) is 3.33. The highest BCUT2D eigenvalue weighted by molar-refractivity contribution is 9.10. The Morgan fingerprint density at radius 3 is 2.47 bits per heavy atom. The second kappa shape index (κ2) is 6.19. The SMILES string of the molecule is COC(=O)c1cc(Br)cc(N=C(N)N=C(N)N)c1C. The Bertz CT molecular complexity index is 564. The van der Waals surface area contributed by atoms with E-state index in [1.807, 2.05) is 0 Å². The van der Waals surface area contributed by atoms with Crippen LogP contribution < -0.4 is 17.2 Å². The van der Waals surface area contributed by atoms with Gasteiger partial charge in [-0.05, 0) is 24.6 Å². The molecule has 19 heavy (non-hydrogen) atoms. The highest BCUT2D eigenvalue weighted by atomic mass is 79.9. The minimum absolute atomic E-state index is 0.1000. The maximum atomic E-state index is 11.6. The first kappa shape index (κ1) is 15.0. The number of hydrogen-bond donors (Lipinski definition) is 3. The number of nitrogens with two attached hydrogens (primary N) is 3. The van der Waals surface area contributed by atoms with Gasteiger partial charge >= 0.3 is 5.97 Å². The average Bonchev–Trinajstić information content (AvgIpc) is 2.31. The van der Waals surface area contributed by atoms with E-state index in [1.54, 1.807) is 19.1 Å². The number of carbonyl (C=O) groups is 1. The molecule has 0 aliphatic heterocycles. The van der Waals surface area contributed by atoms with Gasteiger partial charge in [0.05, 0.1) is 18.4 Å². The van der Waals surface area contributed by atoms with E-state index in [-0.39, 0.29) is 11.9 Å². The molecule has 6 N–H and O–H groups in total. The summed E-state index contributed by atoms with van der Waals surface area (Å²) in [5.74, 6) is -0.755. The molecule has 0 aromatic heterocycles. The maximum absolute atomic E-state index is 11.6. The van der Waals surface area contributed by atoms with E-state index in [0.717, 1.165) is 0 Å². The van der Waals surface area contributed by atoms with Crippen LogP contribution >= 0.6 is 15.9 Å². The fourth-order valence-corrected chi connectivity index (χ4v) is 1.83. The lowest BCUT2D eigenvalue weighted by Crippen LogP contribution is -2.26. The minimum Gasteiger partial charge on any atom is -0.465 e. The highest BCUT2D eigenvalue weighted by Crippen LogP contribution is 2.28. The van der Waals surface area contributed by atoms with Gasteiger partial charge in [0.25, 0.3) is 0 Å². The fraction of sp³-hybridized carbons (Fsp3) is 0.182. The molecule has 0 unspecified atom stereocenters. The summed E-state index contributed by atoms with van der Waals surface area (Å²) in [7, 11) is 1.30. The summed E-state index contributed by atoms with van der Waals surface area (Å²) >= 11 is 3.28. The molecule has 0 saturated carbocycles. The van der Waals surface area contributed by atoms with Gasteiger partial charge in [-0.1, -0.05) is 15.9 Å². The van der Waals surface area contributed by atoms with E-state index in [4.69, 9.17) is 17.2 Å². The van der Waals surface area contributed by atoms with Gasteiger partial charge in [-0.15, -0.1) is 0 Å². The standard InChI is InChI=1S/C11H14BrN5O2/c1-5-7(9(18)19-2)3-6(12)4-8(5)16-11(15)17-10(13)14/h3-4H,1-2H3,(H6,13,14,15,16,17). The number of aliphatic imine (C=N–C) groups is 2. The van der Waals surface area contributed by atoms with E-state index >= 15 is 0 Å². The van der Waals surface area contributed by atoms with Gasteiger partial charge < -0.3 is 21.9 Å². The Morgan fingerprint density at radius 1 is 1.32 bits per heavy atom. The molecule has 0 radical (unpaired) electrons. The fourth-order valence-electron chi connectivity index (χ4n) is 1.38. The van der Waals surface area contributed by atoms with Crippen LogP contribution in [0.2, 0.25) is 0 Å². The molecule has 7 nitrogen and oxygen atoms in total. The Balaban J connectivity index is 3.34. The third-order valence-corrected chi connectivity index (χ3v) is 2.69. The largest absolute Gasteiger partial charge is 0.465 e. The molecule has 8 heteroatoms. The number of rotatable bonds is 2. The van der Waals surface area contributed by atoms with Crippen LogP contribution in [0.15, 0.2) is 26.6 Å². The van der Waals surface area contributed by atoms with Crippen LogP contribution in [0.25, 0.3) is 0 Å². The molecular formula is C11H14BrN5O2. The monoisotopic (exact) mass is 327 g/mol. The van der Waals surface area contributed by atoms with Crippen LogP contribution in [0.1, 0.15) is 15.9 Å². The van der Waals surface area contributed by atoms with Gasteiger partial charge in [0.2, 0.25) is 5.96 Å². The zero-order valence-electron chi connectivity index (χ0n) is 10.5. The molecule has 1 rings (SSSR count). The van der Waals surface area contributed by atoms with Gasteiger partial charge in [0.1, 0.15) is 0 Å². The number of esters is 1. The summed E-state index contributed by atoms with van der Waals surface area (Å²) in [4.78, 5) is 19.3. The van der Waals surface area contributed by atoms with Crippen LogP contribution in [-0.2, 0) is 4.74 Å². The first-order chi connectivity index (χ1) is 8.85. The third kappa shape index (κ3) is 3.95. The van der Waals surface area contributed by atoms with Crippen molar-refractivity contribution in [2.45, 2.75) is 6.92 Å². The first-order valence-corrected chi connectivity index (χ1v) is 5.96. The van der Waals surface area contributed by atoms with Crippen LogP contribution in [0.4, 0.5) is 5.69 Å². The zero-order chi connectivity index (χ0) is 14.6. The molecule has 0 aliphatic carbocycles. The first-order valence-electron chi connectivity index (χ1n) is 5.17. The van der Waals surface area contributed by atoms with E-state index in [2.05, 4.69) is 30.7 Å². The molecule has 102 valence electrons. The summed E-state index contributed by atoms with van der Waals surface area (Å²) in [5, 5.41) is 0. The van der Waals surface area contributed by atoms with Crippen LogP contribution in [0, 0.1) is 6.92 Å². The predicted octanol–water partition coefficient (Wildman–Crippen LogP) is 0.764. The smallest absolute Gasteiger partial charge is 0.338 e. The molecule has 0 spiro atoms. The Kier molecular flexibility index (Phi) is 4.87. The molecule has 0 bridgehead atoms. The summed E-state index contributed by atoms with van der Waals surface area (Å²) in [6.07, 6.45) is 0. The van der Waals surface area contributed by atoms with Crippen molar-refractivity contribution in [2.75, 3.05) is 7.11 Å². The van der Waals surface area contributed by atoms with Gasteiger partial charge in [0.15, 0.2) is 5.96 Å². The normalized spacial score (nSPS) is 11.0. The average molecular weight is 328 g/mol. The van der Waals surface area contributed by atoms with Crippen molar-refractivity contribution >= 4 is 39.5 Å². The van der Waals surface area contributed by atoms with Crippen molar-refractivity contribution in [1.29, 1.82) is 0 Å². The lowest BCUT2D eigenvalue weighted by atomic mass is 10.1. The molecule has 0 heterocycles. The molecule has 0 aliphatic rings. The maximum Gasteiger partial charge on any atom is 0.338 e.